The molecule has 0 spiro atoms. The molecule has 10 heavy (non-hydrogen) atoms. The number of hydrogen-bond donors (Lipinski definition) is 1. The highest BCUT2D eigenvalue weighted by atomic mass is 35.5. The molecule has 0 aliphatic carbocycles. The third-order valence-electron chi connectivity index (χ3n) is 1.07. The van der Waals surface area contributed by atoms with E-state index in [0.717, 1.165) is 11.3 Å². The van der Waals surface area contributed by atoms with E-state index < -0.39 is 0 Å². The monoisotopic (exact) mass is 184 g/mol. The van der Waals surface area contributed by atoms with E-state index in [9.17, 15) is 0 Å². The second-order valence-electron chi connectivity index (χ2n) is 1.63. The molecule has 0 saturated carbocycles. The topological polar surface area (TPSA) is 52.0 Å². The number of halogens is 2. The lowest BCUT2D eigenvalue weighted by Gasteiger charge is -1.83. The number of aryl methyl sites for hydroxylation is 1. The van der Waals surface area contributed by atoms with Gasteiger partial charge in [-0.25, -0.2) is 0 Å². The Hall–Kier alpha value is -0.250. The first-order chi connectivity index (χ1) is 3.84. The van der Waals surface area contributed by atoms with E-state index in [4.69, 9.17) is 5.73 Å². The molecular weight excluding hydrogens is 175 g/mol. The summed E-state index contributed by atoms with van der Waals surface area (Å²) in [5, 5.41) is 3.63. The van der Waals surface area contributed by atoms with Crippen LogP contribution in [0.3, 0.4) is 0 Å². The molecule has 0 amide bonds. The van der Waals surface area contributed by atoms with Gasteiger partial charge >= 0.3 is 0 Å². The fraction of sp³-hybridized carbons (Fsp3) is 0.400. The number of nitrogens with zero attached hydrogens (tertiary/aromatic N) is 1. The minimum Gasteiger partial charge on any atom is -0.364 e. The van der Waals surface area contributed by atoms with E-state index in [1.165, 1.54) is 0 Å². The summed E-state index contributed by atoms with van der Waals surface area (Å²) >= 11 is 0. The van der Waals surface area contributed by atoms with Crippen LogP contribution in [0.15, 0.2) is 10.8 Å². The van der Waals surface area contributed by atoms with Crippen LogP contribution < -0.4 is 5.73 Å². The van der Waals surface area contributed by atoms with Crippen molar-refractivity contribution >= 4 is 24.8 Å². The van der Waals surface area contributed by atoms with Crippen LogP contribution in [0.4, 0.5) is 0 Å². The lowest BCUT2D eigenvalue weighted by molar-refractivity contribution is 0.414. The van der Waals surface area contributed by atoms with Crippen molar-refractivity contribution in [3.8, 4) is 0 Å². The first-order valence-electron chi connectivity index (χ1n) is 2.44. The summed E-state index contributed by atoms with van der Waals surface area (Å²) in [7, 11) is 0. The van der Waals surface area contributed by atoms with E-state index >= 15 is 0 Å². The first-order valence-corrected chi connectivity index (χ1v) is 2.44. The molecule has 0 aliphatic rings. The van der Waals surface area contributed by atoms with Crippen molar-refractivity contribution in [3.05, 3.63) is 17.5 Å². The number of nitrogens with two attached hydrogens (primary N) is 1. The van der Waals surface area contributed by atoms with E-state index in [0.29, 0.717) is 6.54 Å². The molecule has 0 atom stereocenters. The van der Waals surface area contributed by atoms with Gasteiger partial charge in [0, 0.05) is 12.1 Å². The maximum absolute atomic E-state index is 5.30. The van der Waals surface area contributed by atoms with Gasteiger partial charge in [0.2, 0.25) is 0 Å². The van der Waals surface area contributed by atoms with E-state index in [1.54, 1.807) is 6.26 Å². The zero-order valence-electron chi connectivity index (χ0n) is 5.53. The highest BCUT2D eigenvalue weighted by Gasteiger charge is 1.96. The van der Waals surface area contributed by atoms with Crippen LogP contribution in [0.1, 0.15) is 11.3 Å². The number of rotatable bonds is 1. The summed E-state index contributed by atoms with van der Waals surface area (Å²) in [5.74, 6) is 0. The maximum atomic E-state index is 5.30. The first kappa shape index (κ1) is 12.4. The Kier molecular flexibility index (Phi) is 6.87. The summed E-state index contributed by atoms with van der Waals surface area (Å²) in [6.45, 7) is 2.38. The van der Waals surface area contributed by atoms with Gasteiger partial charge in [0.1, 0.15) is 6.26 Å². The standard InChI is InChI=1S/C5H8N2O.2ClH/c1-4-5(2-6)3-8-7-4;;/h3H,2,6H2,1H3;2*1H. The fourth-order valence-electron chi connectivity index (χ4n) is 0.509. The van der Waals surface area contributed by atoms with Gasteiger partial charge < -0.3 is 10.3 Å². The lowest BCUT2D eigenvalue weighted by Crippen LogP contribution is -1.95. The van der Waals surface area contributed by atoms with E-state index in [2.05, 4.69) is 9.68 Å². The molecule has 0 saturated heterocycles. The third kappa shape index (κ3) is 2.56. The van der Waals surface area contributed by atoms with Crippen molar-refractivity contribution < 1.29 is 4.52 Å². The van der Waals surface area contributed by atoms with Crippen molar-refractivity contribution in [1.82, 2.24) is 5.16 Å². The van der Waals surface area contributed by atoms with Gasteiger partial charge in [-0.2, -0.15) is 0 Å². The molecule has 0 aromatic carbocycles. The van der Waals surface area contributed by atoms with E-state index in [1.807, 2.05) is 6.92 Å². The molecule has 1 aromatic heterocycles. The Morgan fingerprint density at radius 2 is 2.20 bits per heavy atom. The highest BCUT2D eigenvalue weighted by molar-refractivity contribution is 5.85. The molecule has 0 radical (unpaired) electrons. The molecule has 0 aliphatic heterocycles. The molecule has 0 unspecified atom stereocenters. The molecular formula is C5H10Cl2N2O. The predicted molar refractivity (Wildman–Crippen MR) is 43.6 cm³/mol. The molecule has 60 valence electrons. The largest absolute Gasteiger partial charge is 0.364 e. The third-order valence-corrected chi connectivity index (χ3v) is 1.07. The van der Waals surface area contributed by atoms with Crippen molar-refractivity contribution in [2.45, 2.75) is 13.5 Å². The summed E-state index contributed by atoms with van der Waals surface area (Å²) in [6, 6.07) is 0. The number of aromatic nitrogens is 1. The van der Waals surface area contributed by atoms with Crippen LogP contribution in [0.5, 0.6) is 0 Å². The molecule has 1 heterocycles. The molecule has 3 nitrogen and oxygen atoms in total. The lowest BCUT2D eigenvalue weighted by atomic mass is 10.3. The summed E-state index contributed by atoms with van der Waals surface area (Å²) in [5.41, 5.74) is 7.15. The van der Waals surface area contributed by atoms with Crippen molar-refractivity contribution in [3.63, 3.8) is 0 Å². The highest BCUT2D eigenvalue weighted by Crippen LogP contribution is 2.01. The van der Waals surface area contributed by atoms with E-state index in [-0.39, 0.29) is 24.8 Å². The van der Waals surface area contributed by atoms with Crippen molar-refractivity contribution in [1.29, 1.82) is 0 Å². The van der Waals surface area contributed by atoms with Crippen LogP contribution in [0, 0.1) is 6.92 Å². The fourth-order valence-corrected chi connectivity index (χ4v) is 0.509. The minimum absolute atomic E-state index is 0. The van der Waals surface area contributed by atoms with Gasteiger partial charge in [0.25, 0.3) is 0 Å². The van der Waals surface area contributed by atoms with Gasteiger partial charge in [-0.1, -0.05) is 5.16 Å². The average molecular weight is 185 g/mol. The molecule has 1 aromatic rings. The smallest absolute Gasteiger partial charge is 0.128 e. The second-order valence-corrected chi connectivity index (χ2v) is 1.63. The van der Waals surface area contributed by atoms with Crippen LogP contribution in [0.25, 0.3) is 0 Å². The zero-order valence-corrected chi connectivity index (χ0v) is 7.17. The zero-order chi connectivity index (χ0) is 5.98. The molecule has 0 bridgehead atoms. The van der Waals surface area contributed by atoms with Gasteiger partial charge in [0.05, 0.1) is 5.69 Å². The average Bonchev–Trinajstić information content (AvgIpc) is 2.14. The Balaban J connectivity index is 0. The Morgan fingerprint density at radius 3 is 2.40 bits per heavy atom. The minimum atomic E-state index is 0. The summed E-state index contributed by atoms with van der Waals surface area (Å²) < 4.78 is 4.61. The van der Waals surface area contributed by atoms with Gasteiger partial charge in [-0.15, -0.1) is 24.8 Å². The molecule has 5 heteroatoms. The van der Waals surface area contributed by atoms with Crippen LogP contribution in [0.2, 0.25) is 0 Å². The Labute approximate surface area is 71.8 Å². The molecule has 1 rings (SSSR count). The summed E-state index contributed by atoms with van der Waals surface area (Å²) in [6.07, 6.45) is 1.56. The van der Waals surface area contributed by atoms with Crippen LogP contribution in [-0.4, -0.2) is 5.16 Å². The van der Waals surface area contributed by atoms with Crippen LogP contribution in [-0.2, 0) is 6.54 Å². The maximum Gasteiger partial charge on any atom is 0.128 e. The Morgan fingerprint density at radius 1 is 1.60 bits per heavy atom. The van der Waals surface area contributed by atoms with Crippen LogP contribution >= 0.6 is 24.8 Å². The summed E-state index contributed by atoms with van der Waals surface area (Å²) in [4.78, 5) is 0. The molecule has 0 fully saturated rings. The quantitative estimate of drug-likeness (QED) is 0.716. The van der Waals surface area contributed by atoms with Crippen molar-refractivity contribution in [2.75, 3.05) is 0 Å². The predicted octanol–water partition coefficient (Wildman–Crippen LogP) is 1.29. The molecule has 2 N–H and O–H groups in total. The van der Waals surface area contributed by atoms with Gasteiger partial charge in [-0.05, 0) is 6.92 Å². The van der Waals surface area contributed by atoms with Gasteiger partial charge in [0.15, 0.2) is 0 Å². The normalized spacial score (nSPS) is 7.80. The second kappa shape index (κ2) is 5.53. The number of hydrogen-bond acceptors (Lipinski definition) is 3. The van der Waals surface area contributed by atoms with Crippen molar-refractivity contribution in [2.24, 2.45) is 5.73 Å². The Bertz CT molecular complexity index is 178. The van der Waals surface area contributed by atoms with Gasteiger partial charge in [-0.3, -0.25) is 0 Å². The SMILES string of the molecule is Cc1nocc1CN.Cl.Cl.